The van der Waals surface area contributed by atoms with Gasteiger partial charge in [-0.1, -0.05) is 12.1 Å². The molecule has 2 aliphatic rings. The maximum Gasteiger partial charge on any atom is 0.278 e. The third-order valence-electron chi connectivity index (χ3n) is 5.88. The Bertz CT molecular complexity index is 851. The Morgan fingerprint density at radius 3 is 2.48 bits per heavy atom. The van der Waals surface area contributed by atoms with Crippen LogP contribution in [-0.2, 0) is 17.9 Å². The van der Waals surface area contributed by atoms with Crippen LogP contribution < -0.4 is 24.6 Å². The molecule has 1 atom stereocenters. The molecule has 29 heavy (non-hydrogen) atoms. The van der Waals surface area contributed by atoms with E-state index in [2.05, 4.69) is 17.4 Å². The van der Waals surface area contributed by atoms with E-state index in [1.54, 1.807) is 12.1 Å². The standard InChI is InChI=1S/C22H26FN3O3/c1-16(22(27)24-13-17-2-5-19(23)6-3-17)26-10-8-25(9-11-26)14-18-4-7-20-21(12-18)29-15-28-20/h2-7,12,16H,8-11,13-15H2,1H3,(H,24,27)/p+2/t16-/m0/s1. The Balaban J connectivity index is 1.23. The molecule has 0 saturated carbocycles. The van der Waals surface area contributed by atoms with Crippen LogP contribution in [0.15, 0.2) is 42.5 Å². The molecule has 2 aliphatic heterocycles. The SMILES string of the molecule is C[C@@H](C(=O)NCc1ccc(F)cc1)[NH+]1CC[NH+](Cc2ccc3c(c2)OCO3)CC1. The number of halogens is 1. The molecule has 3 N–H and O–H groups in total. The summed E-state index contributed by atoms with van der Waals surface area (Å²) in [7, 11) is 0. The molecule has 0 bridgehead atoms. The van der Waals surface area contributed by atoms with Crippen LogP contribution in [0.2, 0.25) is 0 Å². The Morgan fingerprint density at radius 2 is 1.72 bits per heavy atom. The normalized spacial score (nSPS) is 21.6. The van der Waals surface area contributed by atoms with Gasteiger partial charge in [0.1, 0.15) is 38.5 Å². The van der Waals surface area contributed by atoms with Crippen molar-refractivity contribution in [3.8, 4) is 11.5 Å². The van der Waals surface area contributed by atoms with Crippen LogP contribution in [0.1, 0.15) is 18.1 Å². The van der Waals surface area contributed by atoms with E-state index in [-0.39, 0.29) is 17.8 Å². The third kappa shape index (κ3) is 4.86. The highest BCUT2D eigenvalue weighted by atomic mass is 19.1. The molecular formula is C22H28FN3O3+2. The zero-order chi connectivity index (χ0) is 20.2. The summed E-state index contributed by atoms with van der Waals surface area (Å²) in [4.78, 5) is 15.4. The van der Waals surface area contributed by atoms with Crippen molar-refractivity contribution in [1.29, 1.82) is 0 Å². The van der Waals surface area contributed by atoms with Gasteiger partial charge >= 0.3 is 0 Å². The van der Waals surface area contributed by atoms with Crippen molar-refractivity contribution in [2.24, 2.45) is 0 Å². The highest BCUT2D eigenvalue weighted by molar-refractivity contribution is 5.79. The molecule has 0 unspecified atom stereocenters. The summed E-state index contributed by atoms with van der Waals surface area (Å²) in [5.41, 5.74) is 2.15. The van der Waals surface area contributed by atoms with E-state index in [1.165, 1.54) is 27.5 Å². The quantitative estimate of drug-likeness (QED) is 0.614. The molecule has 2 aromatic rings. The molecule has 1 saturated heterocycles. The van der Waals surface area contributed by atoms with Gasteiger partial charge in [-0.05, 0) is 42.8 Å². The fourth-order valence-corrected chi connectivity index (χ4v) is 4.00. The number of ether oxygens (including phenoxy) is 2. The van der Waals surface area contributed by atoms with Crippen LogP contribution in [0.5, 0.6) is 11.5 Å². The zero-order valence-corrected chi connectivity index (χ0v) is 16.7. The highest BCUT2D eigenvalue weighted by Crippen LogP contribution is 2.32. The summed E-state index contributed by atoms with van der Waals surface area (Å²) in [6.07, 6.45) is 0. The number of hydrogen-bond acceptors (Lipinski definition) is 3. The summed E-state index contributed by atoms with van der Waals surface area (Å²) in [5.74, 6) is 1.43. The van der Waals surface area contributed by atoms with Gasteiger partial charge in [-0.25, -0.2) is 4.39 Å². The van der Waals surface area contributed by atoms with E-state index in [0.29, 0.717) is 13.3 Å². The van der Waals surface area contributed by atoms with E-state index in [0.717, 1.165) is 49.8 Å². The lowest BCUT2D eigenvalue weighted by Gasteiger charge is -2.32. The molecule has 2 aromatic carbocycles. The lowest BCUT2D eigenvalue weighted by molar-refractivity contribution is -1.02. The van der Waals surface area contributed by atoms with E-state index in [9.17, 15) is 9.18 Å². The average Bonchev–Trinajstić information content (AvgIpc) is 3.21. The van der Waals surface area contributed by atoms with Gasteiger partial charge in [0.25, 0.3) is 5.91 Å². The fraction of sp³-hybridized carbons (Fsp3) is 0.409. The molecule has 1 amide bonds. The number of carbonyl (C=O) groups excluding carboxylic acids is 1. The van der Waals surface area contributed by atoms with Crippen molar-refractivity contribution in [1.82, 2.24) is 5.32 Å². The van der Waals surface area contributed by atoms with Crippen LogP contribution in [-0.4, -0.2) is 44.9 Å². The Labute approximate surface area is 170 Å². The van der Waals surface area contributed by atoms with Crippen LogP contribution in [0.4, 0.5) is 4.39 Å². The van der Waals surface area contributed by atoms with Gasteiger partial charge in [0, 0.05) is 12.1 Å². The van der Waals surface area contributed by atoms with Gasteiger partial charge in [-0.2, -0.15) is 0 Å². The van der Waals surface area contributed by atoms with E-state index in [4.69, 9.17) is 9.47 Å². The number of fused-ring (bicyclic) bond motifs is 1. The maximum absolute atomic E-state index is 13.0. The van der Waals surface area contributed by atoms with E-state index < -0.39 is 0 Å². The van der Waals surface area contributed by atoms with Crippen LogP contribution >= 0.6 is 0 Å². The predicted octanol–water partition coefficient (Wildman–Crippen LogP) is -0.457. The van der Waals surface area contributed by atoms with Gasteiger partial charge in [0.05, 0.1) is 0 Å². The van der Waals surface area contributed by atoms with E-state index in [1.807, 2.05) is 13.0 Å². The summed E-state index contributed by atoms with van der Waals surface area (Å²) >= 11 is 0. The number of piperazine rings is 1. The van der Waals surface area contributed by atoms with Gasteiger partial charge < -0.3 is 24.6 Å². The molecule has 0 spiro atoms. The number of rotatable bonds is 6. The van der Waals surface area contributed by atoms with Gasteiger partial charge in [-0.15, -0.1) is 0 Å². The van der Waals surface area contributed by atoms with Crippen LogP contribution in [0, 0.1) is 5.82 Å². The van der Waals surface area contributed by atoms with Crippen molar-refractivity contribution in [2.45, 2.75) is 26.1 Å². The Hall–Kier alpha value is -2.64. The summed E-state index contributed by atoms with van der Waals surface area (Å²) < 4.78 is 23.8. The first kappa shape index (κ1) is 19.7. The van der Waals surface area contributed by atoms with Crippen molar-refractivity contribution >= 4 is 5.91 Å². The highest BCUT2D eigenvalue weighted by Gasteiger charge is 2.31. The minimum Gasteiger partial charge on any atom is -0.454 e. The lowest BCUT2D eigenvalue weighted by atomic mass is 10.1. The van der Waals surface area contributed by atoms with Crippen molar-refractivity contribution < 1.29 is 28.5 Å². The number of quaternary nitrogens is 2. The van der Waals surface area contributed by atoms with Gasteiger partial charge in [0.15, 0.2) is 17.5 Å². The number of amides is 1. The average molecular weight is 401 g/mol. The first-order valence-corrected chi connectivity index (χ1v) is 10.2. The first-order chi connectivity index (χ1) is 14.1. The molecule has 0 aromatic heterocycles. The van der Waals surface area contributed by atoms with E-state index >= 15 is 0 Å². The summed E-state index contributed by atoms with van der Waals surface area (Å²) in [6.45, 7) is 7.65. The lowest BCUT2D eigenvalue weighted by Crippen LogP contribution is -3.29. The second-order valence-corrected chi connectivity index (χ2v) is 7.84. The topological polar surface area (TPSA) is 56.4 Å². The molecule has 2 heterocycles. The minimum absolute atomic E-state index is 0.0449. The van der Waals surface area contributed by atoms with Crippen LogP contribution in [0.25, 0.3) is 0 Å². The van der Waals surface area contributed by atoms with Crippen molar-refractivity contribution in [2.75, 3.05) is 33.0 Å². The van der Waals surface area contributed by atoms with Crippen molar-refractivity contribution in [3.05, 3.63) is 59.4 Å². The molecule has 0 radical (unpaired) electrons. The summed E-state index contributed by atoms with van der Waals surface area (Å²) in [5, 5.41) is 2.98. The van der Waals surface area contributed by atoms with Gasteiger partial charge in [0.2, 0.25) is 6.79 Å². The minimum atomic E-state index is -0.265. The Morgan fingerprint density at radius 1 is 1.03 bits per heavy atom. The molecule has 1 fully saturated rings. The largest absolute Gasteiger partial charge is 0.454 e. The number of carbonyl (C=O) groups is 1. The first-order valence-electron chi connectivity index (χ1n) is 10.2. The molecule has 154 valence electrons. The number of benzene rings is 2. The summed E-state index contributed by atoms with van der Waals surface area (Å²) in [6, 6.07) is 12.3. The molecule has 4 rings (SSSR count). The molecule has 0 aliphatic carbocycles. The molecule has 7 heteroatoms. The number of hydrogen-bond donors (Lipinski definition) is 3. The predicted molar refractivity (Wildman–Crippen MR) is 105 cm³/mol. The van der Waals surface area contributed by atoms with Crippen molar-refractivity contribution in [3.63, 3.8) is 0 Å². The smallest absolute Gasteiger partial charge is 0.278 e. The molecular weight excluding hydrogens is 373 g/mol. The number of nitrogens with one attached hydrogen (secondary N) is 3. The maximum atomic E-state index is 13.0. The van der Waals surface area contributed by atoms with Crippen LogP contribution in [0.3, 0.4) is 0 Å². The Kier molecular flexibility index (Phi) is 5.97. The fourth-order valence-electron chi connectivity index (χ4n) is 4.00. The molecule has 6 nitrogen and oxygen atoms in total. The second-order valence-electron chi connectivity index (χ2n) is 7.84. The van der Waals surface area contributed by atoms with Gasteiger partial charge in [-0.3, -0.25) is 4.79 Å². The monoisotopic (exact) mass is 401 g/mol. The third-order valence-corrected chi connectivity index (χ3v) is 5.88. The second kappa shape index (κ2) is 8.80. The zero-order valence-electron chi connectivity index (χ0n) is 16.7.